The molecule has 0 aliphatic rings. The molecule has 186 valence electrons. The van der Waals surface area contributed by atoms with E-state index in [1.165, 1.54) is 11.8 Å². The number of hydrogen-bond donors (Lipinski definition) is 0. The van der Waals surface area contributed by atoms with E-state index < -0.39 is 0 Å². The SMILES string of the molecule is O=C(CCSc1nnc(-n2nnc3ccccc32)n1-c1ccccc1)N(c1ccccc1)c1ccccc1. The molecule has 0 unspecified atom stereocenters. The molecule has 0 aliphatic heterocycles. The quantitative estimate of drug-likeness (QED) is 0.236. The summed E-state index contributed by atoms with van der Waals surface area (Å²) in [6, 6.07) is 37.0. The number of amides is 1. The van der Waals surface area contributed by atoms with Crippen LogP contribution in [-0.2, 0) is 4.79 Å². The van der Waals surface area contributed by atoms with Gasteiger partial charge >= 0.3 is 0 Å². The van der Waals surface area contributed by atoms with Crippen molar-refractivity contribution in [3.63, 3.8) is 0 Å². The third-order valence-corrected chi connectivity index (χ3v) is 6.93. The van der Waals surface area contributed by atoms with Gasteiger partial charge in [-0.15, -0.1) is 15.3 Å². The number of anilines is 2. The van der Waals surface area contributed by atoms with E-state index in [0.29, 0.717) is 23.3 Å². The van der Waals surface area contributed by atoms with Gasteiger partial charge in [0.05, 0.1) is 11.2 Å². The molecule has 0 bridgehead atoms. The number of benzene rings is 4. The predicted octanol–water partition coefficient (Wildman–Crippen LogP) is 5.85. The highest BCUT2D eigenvalue weighted by Gasteiger charge is 2.21. The Labute approximate surface area is 223 Å². The van der Waals surface area contributed by atoms with Crippen molar-refractivity contribution in [2.24, 2.45) is 0 Å². The van der Waals surface area contributed by atoms with Gasteiger partial charge in [-0.05, 0) is 48.5 Å². The number of para-hydroxylation sites is 4. The zero-order chi connectivity index (χ0) is 25.7. The van der Waals surface area contributed by atoms with Crippen molar-refractivity contribution in [2.75, 3.05) is 10.7 Å². The summed E-state index contributed by atoms with van der Waals surface area (Å²) < 4.78 is 3.64. The van der Waals surface area contributed by atoms with Gasteiger partial charge in [0.15, 0.2) is 5.16 Å². The average Bonchev–Trinajstić information content (AvgIpc) is 3.59. The summed E-state index contributed by atoms with van der Waals surface area (Å²) in [5.74, 6) is 1.06. The summed E-state index contributed by atoms with van der Waals surface area (Å²) in [4.78, 5) is 15.2. The van der Waals surface area contributed by atoms with Crippen molar-refractivity contribution >= 4 is 40.1 Å². The van der Waals surface area contributed by atoms with E-state index >= 15 is 0 Å². The molecular weight excluding hydrogens is 494 g/mol. The summed E-state index contributed by atoms with van der Waals surface area (Å²) >= 11 is 1.48. The fraction of sp³-hybridized carbons (Fsp3) is 0.0690. The van der Waals surface area contributed by atoms with Gasteiger partial charge in [0.25, 0.3) is 5.95 Å². The Morgan fingerprint density at radius 2 is 1.32 bits per heavy atom. The Morgan fingerprint density at radius 1 is 0.711 bits per heavy atom. The van der Waals surface area contributed by atoms with Crippen molar-refractivity contribution in [1.82, 2.24) is 29.8 Å². The summed E-state index contributed by atoms with van der Waals surface area (Å²) in [5.41, 5.74) is 4.18. The first-order valence-electron chi connectivity index (χ1n) is 12.2. The molecule has 0 radical (unpaired) electrons. The second-order valence-electron chi connectivity index (χ2n) is 8.44. The molecule has 1 amide bonds. The first kappa shape index (κ1) is 23.6. The lowest BCUT2D eigenvalue weighted by atomic mass is 10.2. The highest BCUT2D eigenvalue weighted by atomic mass is 32.2. The highest BCUT2D eigenvalue weighted by molar-refractivity contribution is 7.99. The molecule has 0 saturated heterocycles. The van der Waals surface area contributed by atoms with Gasteiger partial charge in [-0.2, -0.15) is 4.68 Å². The van der Waals surface area contributed by atoms with Crippen molar-refractivity contribution in [1.29, 1.82) is 0 Å². The zero-order valence-corrected chi connectivity index (χ0v) is 21.1. The lowest BCUT2D eigenvalue weighted by Crippen LogP contribution is -2.26. The Balaban J connectivity index is 1.28. The van der Waals surface area contributed by atoms with Crippen LogP contribution in [0.4, 0.5) is 11.4 Å². The van der Waals surface area contributed by atoms with Crippen LogP contribution in [-0.4, -0.2) is 41.4 Å². The molecule has 6 aromatic rings. The minimum absolute atomic E-state index is 0.00294. The summed E-state index contributed by atoms with van der Waals surface area (Å²) in [5, 5.41) is 18.2. The summed E-state index contributed by atoms with van der Waals surface area (Å²) in [6.45, 7) is 0. The van der Waals surface area contributed by atoms with Gasteiger partial charge in [0.2, 0.25) is 5.91 Å². The normalized spacial score (nSPS) is 11.1. The molecule has 6 rings (SSSR count). The largest absolute Gasteiger partial charge is 0.281 e. The van der Waals surface area contributed by atoms with Crippen LogP contribution >= 0.6 is 11.8 Å². The van der Waals surface area contributed by atoms with Gasteiger partial charge in [-0.3, -0.25) is 14.3 Å². The van der Waals surface area contributed by atoms with Gasteiger partial charge in [0, 0.05) is 23.5 Å². The molecule has 0 spiro atoms. The minimum atomic E-state index is 0.00294. The molecular formula is C29H23N7OS. The number of thioether (sulfide) groups is 1. The van der Waals surface area contributed by atoms with Crippen LogP contribution < -0.4 is 4.90 Å². The first-order chi connectivity index (χ1) is 18.8. The van der Waals surface area contributed by atoms with Crippen LogP contribution in [0.25, 0.3) is 22.7 Å². The maximum absolute atomic E-state index is 13.5. The van der Waals surface area contributed by atoms with Crippen LogP contribution in [0.5, 0.6) is 0 Å². The Morgan fingerprint density at radius 3 is 2.00 bits per heavy atom. The van der Waals surface area contributed by atoms with Crippen LogP contribution in [0, 0.1) is 0 Å². The van der Waals surface area contributed by atoms with Crippen molar-refractivity contribution in [3.05, 3.63) is 115 Å². The molecule has 2 heterocycles. The maximum Gasteiger partial charge on any atom is 0.259 e. The number of aromatic nitrogens is 6. The number of rotatable bonds is 8. The van der Waals surface area contributed by atoms with Crippen LogP contribution in [0.2, 0.25) is 0 Å². The van der Waals surface area contributed by atoms with E-state index in [2.05, 4.69) is 20.5 Å². The molecule has 2 aromatic heterocycles. The Kier molecular flexibility index (Phi) is 6.65. The number of nitrogens with zero attached hydrogens (tertiary/aromatic N) is 7. The van der Waals surface area contributed by atoms with Crippen LogP contribution in [0.1, 0.15) is 6.42 Å². The van der Waals surface area contributed by atoms with E-state index in [4.69, 9.17) is 0 Å². The molecule has 0 N–H and O–H groups in total. The van der Waals surface area contributed by atoms with E-state index in [1.54, 1.807) is 9.58 Å². The van der Waals surface area contributed by atoms with Gasteiger partial charge in [-0.25, -0.2) is 0 Å². The van der Waals surface area contributed by atoms with Gasteiger partial charge in [0.1, 0.15) is 5.52 Å². The third-order valence-electron chi connectivity index (χ3n) is 6.00. The minimum Gasteiger partial charge on any atom is -0.281 e. The van der Waals surface area contributed by atoms with Gasteiger partial charge in [-0.1, -0.05) is 83.7 Å². The zero-order valence-electron chi connectivity index (χ0n) is 20.3. The van der Waals surface area contributed by atoms with Crippen molar-refractivity contribution < 1.29 is 4.79 Å². The van der Waals surface area contributed by atoms with Gasteiger partial charge < -0.3 is 0 Å². The second kappa shape index (κ2) is 10.7. The second-order valence-corrected chi connectivity index (χ2v) is 9.50. The van der Waals surface area contributed by atoms with E-state index in [-0.39, 0.29) is 5.91 Å². The highest BCUT2D eigenvalue weighted by Crippen LogP contribution is 2.29. The smallest absolute Gasteiger partial charge is 0.259 e. The standard InChI is InChI=1S/C29H23N7OS/c37-27(34(22-12-4-1-5-13-22)23-14-6-2-7-15-23)20-21-38-29-32-31-28(35(29)24-16-8-3-9-17-24)36-26-19-11-10-18-25(26)30-33-36/h1-19H,20-21H2. The van der Waals surface area contributed by atoms with E-state index in [9.17, 15) is 4.79 Å². The molecule has 38 heavy (non-hydrogen) atoms. The van der Waals surface area contributed by atoms with Crippen molar-refractivity contribution in [3.8, 4) is 11.6 Å². The topological polar surface area (TPSA) is 81.7 Å². The molecule has 0 fully saturated rings. The lowest BCUT2D eigenvalue weighted by Gasteiger charge is -2.23. The van der Waals surface area contributed by atoms with E-state index in [0.717, 1.165) is 28.1 Å². The summed E-state index contributed by atoms with van der Waals surface area (Å²) in [6.07, 6.45) is 0.317. The van der Waals surface area contributed by atoms with Crippen molar-refractivity contribution in [2.45, 2.75) is 11.6 Å². The number of hydrogen-bond acceptors (Lipinski definition) is 6. The third kappa shape index (κ3) is 4.67. The number of fused-ring (bicyclic) bond motifs is 1. The average molecular weight is 518 g/mol. The fourth-order valence-corrected chi connectivity index (χ4v) is 5.12. The number of carbonyl (C=O) groups is 1. The maximum atomic E-state index is 13.5. The molecule has 0 atom stereocenters. The molecule has 8 nitrogen and oxygen atoms in total. The number of carbonyl (C=O) groups excluding carboxylic acids is 1. The molecule has 9 heteroatoms. The first-order valence-corrected chi connectivity index (χ1v) is 13.2. The molecule has 0 aliphatic carbocycles. The fourth-order valence-electron chi connectivity index (χ4n) is 4.25. The predicted molar refractivity (Wildman–Crippen MR) is 149 cm³/mol. The van der Waals surface area contributed by atoms with Crippen LogP contribution in [0.15, 0.2) is 120 Å². The molecule has 4 aromatic carbocycles. The van der Waals surface area contributed by atoms with E-state index in [1.807, 2.05) is 120 Å². The summed E-state index contributed by atoms with van der Waals surface area (Å²) in [7, 11) is 0. The monoisotopic (exact) mass is 517 g/mol. The molecule has 0 saturated carbocycles. The Bertz CT molecular complexity index is 1630. The Hall–Kier alpha value is -4.76. The lowest BCUT2D eigenvalue weighted by molar-refractivity contribution is -0.117. The van der Waals surface area contributed by atoms with Crippen LogP contribution in [0.3, 0.4) is 0 Å².